The molecule has 1 aliphatic rings. The summed E-state index contributed by atoms with van der Waals surface area (Å²) in [5.74, 6) is 0.773. The summed E-state index contributed by atoms with van der Waals surface area (Å²) < 4.78 is 6.52. The van der Waals surface area contributed by atoms with Gasteiger partial charge in [-0.05, 0) is 20.3 Å². The van der Waals surface area contributed by atoms with Crippen molar-refractivity contribution in [3.63, 3.8) is 0 Å². The molecule has 1 fully saturated rings. The van der Waals surface area contributed by atoms with Crippen LogP contribution in [0.1, 0.15) is 36.1 Å². The van der Waals surface area contributed by atoms with Crippen molar-refractivity contribution < 1.29 is 9.32 Å². The van der Waals surface area contributed by atoms with Crippen molar-refractivity contribution >= 4 is 27.3 Å². The number of nitrogens with zero attached hydrogens (tertiary/aromatic N) is 6. The second-order valence-electron chi connectivity index (χ2n) is 7.26. The number of anilines is 1. The van der Waals surface area contributed by atoms with Gasteiger partial charge in [0.25, 0.3) is 5.56 Å². The summed E-state index contributed by atoms with van der Waals surface area (Å²) in [6.07, 6.45) is 2.03. The van der Waals surface area contributed by atoms with Crippen LogP contribution < -0.4 is 10.5 Å². The molecule has 0 atom stereocenters. The molecular formula is C19H24N6O3S. The topological polar surface area (TPSA) is 96.8 Å². The van der Waals surface area contributed by atoms with Crippen LogP contribution in [0.25, 0.3) is 4.96 Å². The zero-order chi connectivity index (χ0) is 20.5. The number of fused-ring (bicyclic) bond motifs is 1. The van der Waals surface area contributed by atoms with Gasteiger partial charge in [0.15, 0.2) is 0 Å². The van der Waals surface area contributed by atoms with Crippen LogP contribution in [-0.2, 0) is 17.6 Å². The van der Waals surface area contributed by atoms with E-state index < -0.39 is 0 Å². The number of aromatic nitrogens is 4. The number of hydrogen-bond acceptors (Lipinski definition) is 8. The second-order valence-corrected chi connectivity index (χ2v) is 8.20. The summed E-state index contributed by atoms with van der Waals surface area (Å²) in [5, 5.41) is 9.13. The Balaban J connectivity index is 1.43. The summed E-state index contributed by atoms with van der Waals surface area (Å²) in [5.41, 5.74) is 2.30. The van der Waals surface area contributed by atoms with E-state index in [2.05, 4.69) is 27.1 Å². The first-order chi connectivity index (χ1) is 14.0. The number of carbonyl (C=O) groups excluding carboxylic acids is 1. The minimum atomic E-state index is -0.144. The molecule has 1 saturated heterocycles. The van der Waals surface area contributed by atoms with Gasteiger partial charge >= 0.3 is 0 Å². The molecule has 4 heterocycles. The quantitative estimate of drug-likeness (QED) is 0.623. The number of amides is 1. The van der Waals surface area contributed by atoms with Gasteiger partial charge in [-0.15, -0.1) is 5.10 Å². The van der Waals surface area contributed by atoms with Crippen molar-refractivity contribution in [3.8, 4) is 0 Å². The van der Waals surface area contributed by atoms with Gasteiger partial charge in [-0.3, -0.25) is 9.59 Å². The monoisotopic (exact) mass is 416 g/mol. The standard InChI is InChI=1S/C19H24N6O3S/c1-4-5-14-10-17(27)25-18(20-14)29-19(21-25)24-8-6-23(7-9-24)16(26)11-15-12(2)22-28-13(15)3/h10H,4-9,11H2,1-3H3. The third-order valence-electron chi connectivity index (χ3n) is 5.21. The second kappa shape index (κ2) is 7.94. The van der Waals surface area contributed by atoms with Crippen molar-refractivity contribution in [1.29, 1.82) is 0 Å². The maximum Gasteiger partial charge on any atom is 0.275 e. The van der Waals surface area contributed by atoms with E-state index in [9.17, 15) is 9.59 Å². The molecule has 4 rings (SSSR count). The van der Waals surface area contributed by atoms with Gasteiger partial charge in [-0.25, -0.2) is 4.98 Å². The van der Waals surface area contributed by atoms with Gasteiger partial charge in [0.1, 0.15) is 5.76 Å². The highest BCUT2D eigenvalue weighted by Crippen LogP contribution is 2.23. The molecule has 0 bridgehead atoms. The van der Waals surface area contributed by atoms with Gasteiger partial charge in [0.05, 0.1) is 12.1 Å². The van der Waals surface area contributed by atoms with Crippen LogP contribution >= 0.6 is 11.3 Å². The summed E-state index contributed by atoms with van der Waals surface area (Å²) in [7, 11) is 0. The molecule has 0 radical (unpaired) electrons. The van der Waals surface area contributed by atoms with Crippen molar-refractivity contribution in [2.75, 3.05) is 31.1 Å². The van der Waals surface area contributed by atoms with Gasteiger partial charge in [0, 0.05) is 43.5 Å². The summed E-state index contributed by atoms with van der Waals surface area (Å²) in [6.45, 7) is 8.31. The third-order valence-corrected chi connectivity index (χ3v) is 6.17. The predicted octanol–water partition coefficient (Wildman–Crippen LogP) is 1.60. The molecule has 0 spiro atoms. The normalized spacial score (nSPS) is 14.7. The van der Waals surface area contributed by atoms with Crippen LogP contribution in [-0.4, -0.2) is 56.7 Å². The molecule has 3 aromatic rings. The van der Waals surface area contributed by atoms with E-state index in [0.717, 1.165) is 34.9 Å². The van der Waals surface area contributed by atoms with E-state index in [1.807, 2.05) is 18.7 Å². The molecule has 1 aliphatic heterocycles. The fourth-order valence-electron chi connectivity index (χ4n) is 3.52. The lowest BCUT2D eigenvalue weighted by Crippen LogP contribution is -2.49. The smallest absolute Gasteiger partial charge is 0.275 e. The summed E-state index contributed by atoms with van der Waals surface area (Å²) in [6, 6.07) is 1.56. The van der Waals surface area contributed by atoms with Crippen molar-refractivity contribution in [2.45, 2.75) is 40.0 Å². The zero-order valence-electron chi connectivity index (χ0n) is 16.8. The van der Waals surface area contributed by atoms with Crippen LogP contribution in [0, 0.1) is 13.8 Å². The number of rotatable bonds is 5. The number of piperazine rings is 1. The maximum absolute atomic E-state index is 12.7. The van der Waals surface area contributed by atoms with E-state index in [0.29, 0.717) is 43.3 Å². The fraction of sp³-hybridized carbons (Fsp3) is 0.526. The first-order valence-electron chi connectivity index (χ1n) is 9.80. The Hall–Kier alpha value is -2.75. The molecular weight excluding hydrogens is 392 g/mol. The first-order valence-corrected chi connectivity index (χ1v) is 10.6. The van der Waals surface area contributed by atoms with E-state index in [-0.39, 0.29) is 11.5 Å². The van der Waals surface area contributed by atoms with Crippen molar-refractivity contribution in [1.82, 2.24) is 24.7 Å². The lowest BCUT2D eigenvalue weighted by atomic mass is 10.1. The SMILES string of the molecule is CCCc1cc(=O)n2nc(N3CCN(C(=O)Cc4c(C)noc4C)CC3)sc2n1. The minimum absolute atomic E-state index is 0.0745. The molecule has 3 aromatic heterocycles. The molecule has 0 N–H and O–H groups in total. The largest absolute Gasteiger partial charge is 0.361 e. The molecule has 0 saturated carbocycles. The highest BCUT2D eigenvalue weighted by atomic mass is 32.1. The van der Waals surface area contributed by atoms with Gasteiger partial charge in [0.2, 0.25) is 16.0 Å². The lowest BCUT2D eigenvalue weighted by molar-refractivity contribution is -0.130. The summed E-state index contributed by atoms with van der Waals surface area (Å²) >= 11 is 1.42. The van der Waals surface area contributed by atoms with E-state index in [4.69, 9.17) is 4.52 Å². The third kappa shape index (κ3) is 3.89. The molecule has 0 aromatic carbocycles. The predicted molar refractivity (Wildman–Crippen MR) is 110 cm³/mol. The average Bonchev–Trinajstić information content (AvgIpc) is 3.27. The number of carbonyl (C=O) groups is 1. The Morgan fingerprint density at radius 3 is 2.66 bits per heavy atom. The zero-order valence-corrected chi connectivity index (χ0v) is 17.7. The van der Waals surface area contributed by atoms with Gasteiger partial charge in [-0.2, -0.15) is 4.52 Å². The summed E-state index contributed by atoms with van der Waals surface area (Å²) in [4.78, 5) is 34.1. The first kappa shape index (κ1) is 19.6. The van der Waals surface area contributed by atoms with E-state index >= 15 is 0 Å². The molecule has 9 nitrogen and oxygen atoms in total. The van der Waals surface area contributed by atoms with E-state index in [1.165, 1.54) is 15.9 Å². The molecule has 10 heteroatoms. The Kier molecular flexibility index (Phi) is 5.35. The lowest BCUT2D eigenvalue weighted by Gasteiger charge is -2.34. The minimum Gasteiger partial charge on any atom is -0.361 e. The molecule has 1 amide bonds. The Morgan fingerprint density at radius 1 is 1.24 bits per heavy atom. The maximum atomic E-state index is 12.7. The van der Waals surface area contributed by atoms with Gasteiger partial charge < -0.3 is 14.3 Å². The Labute approximate surface area is 171 Å². The van der Waals surface area contributed by atoms with Crippen LogP contribution in [0.4, 0.5) is 5.13 Å². The van der Waals surface area contributed by atoms with Crippen LogP contribution in [0.3, 0.4) is 0 Å². The number of aryl methyl sites for hydroxylation is 3. The van der Waals surface area contributed by atoms with Gasteiger partial charge in [-0.1, -0.05) is 29.8 Å². The van der Waals surface area contributed by atoms with E-state index in [1.54, 1.807) is 6.07 Å². The van der Waals surface area contributed by atoms with Crippen molar-refractivity contribution in [2.24, 2.45) is 0 Å². The molecule has 0 aliphatic carbocycles. The number of hydrogen-bond donors (Lipinski definition) is 0. The highest BCUT2D eigenvalue weighted by Gasteiger charge is 2.25. The Bertz CT molecular complexity index is 1070. The Morgan fingerprint density at radius 2 is 2.00 bits per heavy atom. The van der Waals surface area contributed by atoms with Crippen LogP contribution in [0.15, 0.2) is 15.4 Å². The molecule has 154 valence electrons. The molecule has 0 unspecified atom stereocenters. The molecule has 29 heavy (non-hydrogen) atoms. The van der Waals surface area contributed by atoms with Crippen molar-refractivity contribution in [3.05, 3.63) is 39.1 Å². The highest BCUT2D eigenvalue weighted by molar-refractivity contribution is 7.20. The van der Waals surface area contributed by atoms with Crippen LogP contribution in [0.5, 0.6) is 0 Å². The fourth-order valence-corrected chi connectivity index (χ4v) is 4.50. The average molecular weight is 417 g/mol. The van der Waals surface area contributed by atoms with Crippen LogP contribution in [0.2, 0.25) is 0 Å².